The van der Waals surface area contributed by atoms with Crippen LogP contribution in [0, 0.1) is 49.5 Å². The van der Waals surface area contributed by atoms with Crippen molar-refractivity contribution >= 4 is 15.4 Å². The average Bonchev–Trinajstić information content (AvgIpc) is 3.86. The van der Waals surface area contributed by atoms with Crippen LogP contribution in [0.1, 0.15) is 133 Å². The Kier molecular flexibility index (Phi) is 14.8. The topological polar surface area (TPSA) is 0 Å². The molecule has 282 valence electrons. The second-order valence-electron chi connectivity index (χ2n) is 17.3. The van der Waals surface area contributed by atoms with Gasteiger partial charge in [0.25, 0.3) is 0 Å². The van der Waals surface area contributed by atoms with Crippen molar-refractivity contribution in [1.29, 1.82) is 0 Å². The molecule has 0 fully saturated rings. The number of allylic oxidation sites excluding steroid dienone is 8. The molecule has 0 saturated carbocycles. The molecule has 1 unspecified atom stereocenters. The van der Waals surface area contributed by atoms with Crippen LogP contribution in [-0.4, -0.2) is 4.21 Å². The molecule has 4 aromatic carbocycles. The molecule has 0 N–H and O–H groups in total. The van der Waals surface area contributed by atoms with E-state index >= 15 is 0 Å². The van der Waals surface area contributed by atoms with Crippen LogP contribution in [0.4, 0.5) is 0 Å². The number of rotatable bonds is 3. The van der Waals surface area contributed by atoms with Crippen LogP contribution >= 0.6 is 0 Å². The Morgan fingerprint density at radius 2 is 1.26 bits per heavy atom. The van der Waals surface area contributed by atoms with Gasteiger partial charge in [0.15, 0.2) is 0 Å². The second kappa shape index (κ2) is 18.5. The molecule has 0 saturated heterocycles. The first-order chi connectivity index (χ1) is 25.5. The molecule has 4 aliphatic rings. The zero-order chi connectivity index (χ0) is 39.8. The van der Waals surface area contributed by atoms with Gasteiger partial charge in [-0.2, -0.15) is 89.0 Å². The summed E-state index contributed by atoms with van der Waals surface area (Å²) in [5, 5.41) is 0. The molecular formula is C53H62Zr-4. The minimum absolute atomic E-state index is 0.0340. The molecule has 0 bridgehead atoms. The van der Waals surface area contributed by atoms with Gasteiger partial charge in [-0.15, -0.1) is 11.6 Å². The van der Waals surface area contributed by atoms with Crippen molar-refractivity contribution in [2.24, 2.45) is 11.3 Å². The zero-order valence-corrected chi connectivity index (χ0v) is 37.7. The van der Waals surface area contributed by atoms with Crippen LogP contribution in [0.2, 0.25) is 0 Å². The van der Waals surface area contributed by atoms with E-state index in [0.717, 1.165) is 6.42 Å². The van der Waals surface area contributed by atoms with Gasteiger partial charge < -0.3 is 0 Å². The van der Waals surface area contributed by atoms with Crippen LogP contribution in [0.15, 0.2) is 96.6 Å². The van der Waals surface area contributed by atoms with Crippen LogP contribution in [0.3, 0.4) is 0 Å². The summed E-state index contributed by atoms with van der Waals surface area (Å²) in [6, 6.07) is 31.4. The van der Waals surface area contributed by atoms with Crippen molar-refractivity contribution in [3.8, 4) is 11.1 Å². The van der Waals surface area contributed by atoms with Gasteiger partial charge in [0.05, 0.1) is 0 Å². The average molecular weight is 790 g/mol. The molecule has 0 aromatic heterocycles. The molecule has 4 aliphatic carbocycles. The predicted molar refractivity (Wildman–Crippen MR) is 232 cm³/mol. The quantitative estimate of drug-likeness (QED) is 0.160. The van der Waals surface area contributed by atoms with Crippen molar-refractivity contribution in [2.75, 3.05) is 0 Å². The molecule has 0 nitrogen and oxygen atoms in total. The number of unbranched alkanes of at least 4 members (excludes halogenated alkanes) is 1. The summed E-state index contributed by atoms with van der Waals surface area (Å²) in [5.74, 6) is 0.592. The molecule has 8 rings (SSSR count). The van der Waals surface area contributed by atoms with E-state index < -0.39 is 0 Å². The summed E-state index contributed by atoms with van der Waals surface area (Å²) < 4.78 is 3.34. The summed E-state index contributed by atoms with van der Waals surface area (Å²) in [6.45, 7) is 26.8. The molecule has 0 spiro atoms. The Labute approximate surface area is 344 Å². The molecule has 0 radical (unpaired) electrons. The Bertz CT molecular complexity index is 1880. The summed E-state index contributed by atoms with van der Waals surface area (Å²) >= 11 is 1.30. The van der Waals surface area contributed by atoms with Gasteiger partial charge in [-0.25, -0.2) is 11.6 Å². The van der Waals surface area contributed by atoms with E-state index in [1.54, 1.807) is 0 Å². The number of hydrogen-bond acceptors (Lipinski definition) is 0. The van der Waals surface area contributed by atoms with Gasteiger partial charge in [0.1, 0.15) is 0 Å². The molecule has 54 heavy (non-hydrogen) atoms. The van der Waals surface area contributed by atoms with Crippen LogP contribution in [0.5, 0.6) is 0 Å². The first-order valence-corrected chi connectivity index (χ1v) is 21.4. The standard InChI is InChI=1S/C25H25.C13H21.2C7H7.CH2.Zr/c1-14-12-24(3,4)22-8-16-7-17-9-23-19(15(2)13-25(23,5)6)11-21(17)20(16)10-18(14)22;1-5-6-7-11-8-9-12(10-11)13(2,3)4;2*1-7-5-3-2-4-6-7;;/h8-12H,7H2,1-6H3;9-11H,5-7H2,1-4H3;2*3-6H,1H3;1H2;/q4*-1;;. The van der Waals surface area contributed by atoms with E-state index in [1.165, 1.54) is 116 Å². The van der Waals surface area contributed by atoms with Gasteiger partial charge in [0.2, 0.25) is 0 Å². The molecular weight excluding hydrogens is 728 g/mol. The fourth-order valence-corrected chi connectivity index (χ4v) is 7.78. The number of benzene rings is 4. The van der Waals surface area contributed by atoms with Crippen molar-refractivity contribution in [1.82, 2.24) is 0 Å². The molecule has 0 aliphatic heterocycles. The van der Waals surface area contributed by atoms with Crippen molar-refractivity contribution < 1.29 is 24.2 Å². The summed E-state index contributed by atoms with van der Waals surface area (Å²) in [7, 11) is 0. The third kappa shape index (κ3) is 10.7. The van der Waals surface area contributed by atoms with Crippen LogP contribution in [-0.2, 0) is 41.5 Å². The summed E-state index contributed by atoms with van der Waals surface area (Å²) in [6.07, 6.45) is 19.0. The summed E-state index contributed by atoms with van der Waals surface area (Å²) in [4.78, 5) is 0. The van der Waals surface area contributed by atoms with Crippen molar-refractivity contribution in [3.05, 3.63) is 165 Å². The van der Waals surface area contributed by atoms with E-state index in [2.05, 4.69) is 154 Å². The minimum atomic E-state index is 0.0340. The monoisotopic (exact) mass is 788 g/mol. The molecule has 0 amide bonds. The Balaban J connectivity index is 0.000000186. The normalized spacial score (nSPS) is 17.2. The van der Waals surface area contributed by atoms with Gasteiger partial charge in [0, 0.05) is 5.41 Å². The van der Waals surface area contributed by atoms with E-state index in [1.807, 2.05) is 48.5 Å². The van der Waals surface area contributed by atoms with Crippen LogP contribution < -0.4 is 0 Å². The van der Waals surface area contributed by atoms with Crippen molar-refractivity contribution in [2.45, 2.75) is 120 Å². The third-order valence-electron chi connectivity index (χ3n) is 10.8. The van der Waals surface area contributed by atoms with E-state index in [0.29, 0.717) is 11.3 Å². The second-order valence-corrected chi connectivity index (χ2v) is 17.3. The van der Waals surface area contributed by atoms with Gasteiger partial charge >= 0.3 is 28.4 Å². The SMILES string of the molecule is CC1=[C-]C(C)(C)c2cc3c(cc21)-c1cc2c(cc1C3)C(C)(C)C=C2C.CCCCC1[C-]=CC(C(C)(C)C)=C1.Cc1cc[c-]cc1.Cc1cc[c-]cc1.[CH2]=[Zr]. The Hall–Kier alpha value is -3.41. The number of fused-ring (bicyclic) bond motifs is 5. The maximum absolute atomic E-state index is 3.65. The molecule has 0 heterocycles. The van der Waals surface area contributed by atoms with E-state index in [4.69, 9.17) is 0 Å². The Morgan fingerprint density at radius 3 is 1.72 bits per heavy atom. The molecule has 1 atom stereocenters. The predicted octanol–water partition coefficient (Wildman–Crippen LogP) is 14.1. The zero-order valence-electron chi connectivity index (χ0n) is 35.3. The molecule has 4 aromatic rings. The first-order valence-electron chi connectivity index (χ1n) is 19.7. The fraction of sp³-hybridized carbons (Fsp3) is 0.377. The summed E-state index contributed by atoms with van der Waals surface area (Å²) in [5.41, 5.74) is 18.9. The van der Waals surface area contributed by atoms with Crippen molar-refractivity contribution in [3.63, 3.8) is 0 Å². The fourth-order valence-electron chi connectivity index (χ4n) is 7.78. The van der Waals surface area contributed by atoms with E-state index in [-0.39, 0.29) is 10.8 Å². The van der Waals surface area contributed by atoms with Gasteiger partial charge in [-0.3, -0.25) is 12.2 Å². The first kappa shape index (κ1) is 43.3. The van der Waals surface area contributed by atoms with Crippen LogP contribution in [0.25, 0.3) is 22.3 Å². The van der Waals surface area contributed by atoms with Gasteiger partial charge in [-0.05, 0) is 58.4 Å². The number of aryl methyl sites for hydroxylation is 2. The third-order valence-corrected chi connectivity index (χ3v) is 10.8. The van der Waals surface area contributed by atoms with Gasteiger partial charge in [-0.1, -0.05) is 130 Å². The van der Waals surface area contributed by atoms with E-state index in [9.17, 15) is 0 Å². The maximum atomic E-state index is 3.65. The Morgan fingerprint density at radius 1 is 0.741 bits per heavy atom. The number of hydrogen-bond donors (Lipinski definition) is 0. The molecule has 1 heteroatoms.